The number of rotatable bonds is 5. The number of benzene rings is 1. The van der Waals surface area contributed by atoms with E-state index in [0.717, 1.165) is 41.3 Å². The van der Waals surface area contributed by atoms with Gasteiger partial charge in [0.15, 0.2) is 11.5 Å². The molecule has 5 rings (SSSR count). The summed E-state index contributed by atoms with van der Waals surface area (Å²) in [5, 5.41) is 16.1. The molecule has 0 aliphatic carbocycles. The molecule has 0 bridgehead atoms. The van der Waals surface area contributed by atoms with Gasteiger partial charge < -0.3 is 15.4 Å². The average molecular weight is 420 g/mol. The van der Waals surface area contributed by atoms with E-state index in [1.807, 2.05) is 31.4 Å². The third kappa shape index (κ3) is 3.59. The van der Waals surface area contributed by atoms with E-state index in [9.17, 15) is 4.79 Å². The van der Waals surface area contributed by atoms with Crippen LogP contribution in [0.3, 0.4) is 0 Å². The Bertz CT molecular complexity index is 1260. The first kappa shape index (κ1) is 19.4. The van der Waals surface area contributed by atoms with Gasteiger partial charge in [-0.2, -0.15) is 9.61 Å². The first-order chi connectivity index (χ1) is 15.1. The number of ether oxygens (including phenoxy) is 1. The second-order valence-electron chi connectivity index (χ2n) is 7.74. The van der Waals surface area contributed by atoms with Gasteiger partial charge in [-0.15, -0.1) is 5.10 Å². The number of amides is 1. The first-order valence-corrected chi connectivity index (χ1v) is 10.3. The average Bonchev–Trinajstić information content (AvgIpc) is 3.34. The minimum Gasteiger partial charge on any atom is -0.380 e. The van der Waals surface area contributed by atoms with Gasteiger partial charge in [0, 0.05) is 37.8 Å². The number of anilines is 1. The van der Waals surface area contributed by atoms with Crippen molar-refractivity contribution in [3.63, 3.8) is 0 Å². The van der Waals surface area contributed by atoms with Crippen molar-refractivity contribution in [1.29, 1.82) is 0 Å². The van der Waals surface area contributed by atoms with Gasteiger partial charge in [-0.25, -0.2) is 9.97 Å². The molecule has 160 valence electrons. The first-order valence-electron chi connectivity index (χ1n) is 10.3. The van der Waals surface area contributed by atoms with E-state index in [4.69, 9.17) is 19.8 Å². The summed E-state index contributed by atoms with van der Waals surface area (Å²) in [5.74, 6) is 1.01. The van der Waals surface area contributed by atoms with Crippen LogP contribution in [0.4, 0.5) is 5.95 Å². The van der Waals surface area contributed by atoms with Crippen molar-refractivity contribution in [3.05, 3.63) is 36.2 Å². The zero-order chi connectivity index (χ0) is 21.4. The summed E-state index contributed by atoms with van der Waals surface area (Å²) in [6.07, 6.45) is 6.26. The normalized spacial score (nSPS) is 17.1. The number of nitrogens with zero attached hydrogens (tertiary/aromatic N) is 6. The van der Waals surface area contributed by atoms with Crippen molar-refractivity contribution < 1.29 is 9.53 Å². The van der Waals surface area contributed by atoms with Gasteiger partial charge in [0.05, 0.1) is 23.9 Å². The Morgan fingerprint density at radius 3 is 3.00 bits per heavy atom. The number of aryl methyl sites for hydroxylation is 1. The SMILES string of the molecule is COCc1cccc2c1nc(N[C@@H]1CCCCNC1=O)n1nc(-c3cnn(C)c3)nc21. The van der Waals surface area contributed by atoms with Crippen LogP contribution in [0.15, 0.2) is 30.6 Å². The summed E-state index contributed by atoms with van der Waals surface area (Å²) >= 11 is 0. The van der Waals surface area contributed by atoms with Crippen molar-refractivity contribution in [2.75, 3.05) is 19.0 Å². The molecule has 0 saturated carbocycles. The summed E-state index contributed by atoms with van der Waals surface area (Å²) in [5.41, 5.74) is 3.20. The summed E-state index contributed by atoms with van der Waals surface area (Å²) in [6.45, 7) is 1.12. The van der Waals surface area contributed by atoms with Gasteiger partial charge in [-0.3, -0.25) is 9.48 Å². The number of methoxy groups -OCH3 is 1. The van der Waals surface area contributed by atoms with Crippen LogP contribution in [0.2, 0.25) is 0 Å². The van der Waals surface area contributed by atoms with Crippen LogP contribution in [-0.4, -0.2) is 55.0 Å². The van der Waals surface area contributed by atoms with Crippen LogP contribution in [0, 0.1) is 0 Å². The molecule has 10 nitrogen and oxygen atoms in total. The molecule has 1 amide bonds. The molecule has 1 atom stereocenters. The zero-order valence-corrected chi connectivity index (χ0v) is 17.5. The lowest BCUT2D eigenvalue weighted by atomic mass is 10.1. The maximum absolute atomic E-state index is 12.5. The van der Waals surface area contributed by atoms with Gasteiger partial charge in [0.25, 0.3) is 0 Å². The highest BCUT2D eigenvalue weighted by molar-refractivity contribution is 5.95. The minimum absolute atomic E-state index is 0.0229. The molecule has 1 aliphatic rings. The molecule has 0 unspecified atom stereocenters. The Morgan fingerprint density at radius 1 is 1.29 bits per heavy atom. The number of carbonyl (C=O) groups excluding carboxylic acids is 1. The smallest absolute Gasteiger partial charge is 0.242 e. The molecule has 1 aromatic carbocycles. The second kappa shape index (κ2) is 7.95. The predicted molar refractivity (Wildman–Crippen MR) is 115 cm³/mol. The molecule has 0 radical (unpaired) electrons. The predicted octanol–water partition coefficient (Wildman–Crippen LogP) is 1.90. The van der Waals surface area contributed by atoms with Crippen molar-refractivity contribution in [2.24, 2.45) is 7.05 Å². The van der Waals surface area contributed by atoms with E-state index in [1.54, 1.807) is 22.5 Å². The van der Waals surface area contributed by atoms with Crippen LogP contribution in [0.1, 0.15) is 24.8 Å². The summed E-state index contributed by atoms with van der Waals surface area (Å²) < 4.78 is 8.76. The van der Waals surface area contributed by atoms with E-state index in [1.165, 1.54) is 0 Å². The number of para-hydroxylation sites is 1. The highest BCUT2D eigenvalue weighted by atomic mass is 16.5. The number of nitrogens with one attached hydrogen (secondary N) is 2. The van der Waals surface area contributed by atoms with Crippen LogP contribution in [0.25, 0.3) is 27.9 Å². The van der Waals surface area contributed by atoms with Crippen LogP contribution >= 0.6 is 0 Å². The molecule has 3 aromatic heterocycles. The van der Waals surface area contributed by atoms with E-state index < -0.39 is 0 Å². The molecule has 0 spiro atoms. The van der Waals surface area contributed by atoms with E-state index >= 15 is 0 Å². The van der Waals surface area contributed by atoms with Gasteiger partial charge in [0.1, 0.15) is 6.04 Å². The summed E-state index contributed by atoms with van der Waals surface area (Å²) in [7, 11) is 3.51. The van der Waals surface area contributed by atoms with E-state index in [-0.39, 0.29) is 11.9 Å². The fourth-order valence-electron chi connectivity index (χ4n) is 3.95. The molecular formula is C21H24N8O2. The molecule has 1 fully saturated rings. The van der Waals surface area contributed by atoms with Crippen molar-refractivity contribution in [3.8, 4) is 11.4 Å². The van der Waals surface area contributed by atoms with Gasteiger partial charge >= 0.3 is 0 Å². The number of aromatic nitrogens is 6. The lowest BCUT2D eigenvalue weighted by Gasteiger charge is -2.17. The molecule has 4 heterocycles. The monoisotopic (exact) mass is 420 g/mol. The third-order valence-electron chi connectivity index (χ3n) is 5.49. The standard InChI is InChI=1S/C21H24N8O2/c1-28-11-14(10-23-28)18-26-19-15-7-5-6-13(12-31-2)17(15)25-21(29(19)27-18)24-16-8-3-4-9-22-20(16)30/h5-7,10-11,16H,3-4,8-9,12H2,1-2H3,(H,22,30)(H,24,25)/t16-/m1/s1. The van der Waals surface area contributed by atoms with E-state index in [0.29, 0.717) is 30.6 Å². The molecule has 2 N–H and O–H groups in total. The topological polar surface area (TPSA) is 111 Å². The van der Waals surface area contributed by atoms with Crippen LogP contribution in [0.5, 0.6) is 0 Å². The maximum atomic E-state index is 12.5. The van der Waals surface area contributed by atoms with Crippen LogP contribution < -0.4 is 10.6 Å². The number of fused-ring (bicyclic) bond motifs is 3. The minimum atomic E-state index is -0.378. The fraction of sp³-hybridized carbons (Fsp3) is 0.381. The Kier molecular flexibility index (Phi) is 4.99. The quantitative estimate of drug-likeness (QED) is 0.507. The number of carbonyl (C=O) groups is 1. The molecule has 10 heteroatoms. The number of hydrogen-bond acceptors (Lipinski definition) is 7. The summed E-state index contributed by atoms with van der Waals surface area (Å²) in [6, 6.07) is 5.54. The molecule has 4 aromatic rings. The molecular weight excluding hydrogens is 396 g/mol. The lowest BCUT2D eigenvalue weighted by molar-refractivity contribution is -0.121. The molecule has 1 aliphatic heterocycles. The Hall–Kier alpha value is -3.53. The van der Waals surface area contributed by atoms with Gasteiger partial charge in [-0.1, -0.05) is 12.1 Å². The fourth-order valence-corrected chi connectivity index (χ4v) is 3.95. The van der Waals surface area contributed by atoms with E-state index in [2.05, 4.69) is 15.7 Å². The Labute approximate surface area is 178 Å². The van der Waals surface area contributed by atoms with Gasteiger partial charge in [-0.05, 0) is 25.3 Å². The maximum Gasteiger partial charge on any atom is 0.242 e. The van der Waals surface area contributed by atoms with Crippen molar-refractivity contribution >= 4 is 28.4 Å². The Morgan fingerprint density at radius 2 is 2.19 bits per heavy atom. The van der Waals surface area contributed by atoms with Gasteiger partial charge in [0.2, 0.25) is 11.9 Å². The zero-order valence-electron chi connectivity index (χ0n) is 17.5. The Balaban J connectivity index is 1.70. The second-order valence-corrected chi connectivity index (χ2v) is 7.74. The molecule has 31 heavy (non-hydrogen) atoms. The summed E-state index contributed by atoms with van der Waals surface area (Å²) in [4.78, 5) is 22.2. The van der Waals surface area contributed by atoms with Crippen molar-refractivity contribution in [2.45, 2.75) is 31.9 Å². The highest BCUT2D eigenvalue weighted by Gasteiger charge is 2.24. The lowest BCUT2D eigenvalue weighted by Crippen LogP contribution is -2.38. The third-order valence-corrected chi connectivity index (χ3v) is 5.49. The molecule has 1 saturated heterocycles. The van der Waals surface area contributed by atoms with Crippen molar-refractivity contribution in [1.82, 2.24) is 34.7 Å². The van der Waals surface area contributed by atoms with Crippen LogP contribution in [-0.2, 0) is 23.2 Å². The number of hydrogen-bond donors (Lipinski definition) is 2. The highest BCUT2D eigenvalue weighted by Crippen LogP contribution is 2.27. The largest absolute Gasteiger partial charge is 0.380 e.